The zero-order chi connectivity index (χ0) is 12.8. The standard InChI is InChI=1S/C14H23NO2/c1-10-6-7-12(14(17-5)11(10)2)13(15-3)8-9-16-4/h6-7,13,15H,8-9H2,1-5H3. The van der Waals surface area contributed by atoms with Crippen LogP contribution in [-0.2, 0) is 4.74 Å². The lowest BCUT2D eigenvalue weighted by Gasteiger charge is -2.21. The second kappa shape index (κ2) is 6.62. The average Bonchev–Trinajstić information content (AvgIpc) is 2.34. The van der Waals surface area contributed by atoms with Gasteiger partial charge in [-0.2, -0.15) is 0 Å². The van der Waals surface area contributed by atoms with Crippen molar-refractivity contribution in [1.82, 2.24) is 5.32 Å². The third-order valence-electron chi connectivity index (χ3n) is 3.25. The molecule has 0 fully saturated rings. The second-order valence-corrected chi connectivity index (χ2v) is 4.25. The first-order valence-electron chi connectivity index (χ1n) is 5.96. The van der Waals surface area contributed by atoms with Gasteiger partial charge in [-0.3, -0.25) is 0 Å². The molecule has 96 valence electrons. The van der Waals surface area contributed by atoms with Gasteiger partial charge in [0, 0.05) is 25.3 Å². The first-order chi connectivity index (χ1) is 8.15. The SMILES string of the molecule is CNC(CCOC)c1ccc(C)c(C)c1OC. The van der Waals surface area contributed by atoms with Crippen molar-refractivity contribution in [3.05, 3.63) is 28.8 Å². The minimum atomic E-state index is 0.268. The molecule has 1 atom stereocenters. The van der Waals surface area contributed by atoms with Crippen molar-refractivity contribution in [2.45, 2.75) is 26.3 Å². The number of benzene rings is 1. The quantitative estimate of drug-likeness (QED) is 0.825. The van der Waals surface area contributed by atoms with E-state index in [1.165, 1.54) is 16.7 Å². The second-order valence-electron chi connectivity index (χ2n) is 4.25. The molecule has 0 aliphatic carbocycles. The molecule has 1 aromatic rings. The van der Waals surface area contributed by atoms with Crippen LogP contribution in [0.3, 0.4) is 0 Å². The van der Waals surface area contributed by atoms with Crippen molar-refractivity contribution in [1.29, 1.82) is 0 Å². The number of aryl methyl sites for hydroxylation is 1. The number of rotatable bonds is 6. The number of methoxy groups -OCH3 is 2. The van der Waals surface area contributed by atoms with Crippen molar-refractivity contribution < 1.29 is 9.47 Å². The molecule has 0 saturated heterocycles. The summed E-state index contributed by atoms with van der Waals surface area (Å²) in [6, 6.07) is 4.55. The summed E-state index contributed by atoms with van der Waals surface area (Å²) in [7, 11) is 5.42. The lowest BCUT2D eigenvalue weighted by molar-refractivity contribution is 0.183. The zero-order valence-corrected chi connectivity index (χ0v) is 11.5. The molecule has 0 aromatic heterocycles. The molecule has 0 aliphatic heterocycles. The highest BCUT2D eigenvalue weighted by molar-refractivity contribution is 5.46. The molecular formula is C14H23NO2. The highest BCUT2D eigenvalue weighted by Crippen LogP contribution is 2.32. The number of hydrogen-bond acceptors (Lipinski definition) is 3. The van der Waals surface area contributed by atoms with Gasteiger partial charge in [-0.15, -0.1) is 0 Å². The third-order valence-corrected chi connectivity index (χ3v) is 3.25. The number of nitrogens with one attached hydrogen (secondary N) is 1. The van der Waals surface area contributed by atoms with Gasteiger partial charge in [-0.05, 0) is 38.4 Å². The predicted octanol–water partition coefficient (Wildman–Crippen LogP) is 2.61. The van der Waals surface area contributed by atoms with Crippen LogP contribution < -0.4 is 10.1 Å². The van der Waals surface area contributed by atoms with Crippen molar-refractivity contribution >= 4 is 0 Å². The van der Waals surface area contributed by atoms with Gasteiger partial charge in [0.05, 0.1) is 7.11 Å². The van der Waals surface area contributed by atoms with Crippen LogP contribution in [0.4, 0.5) is 0 Å². The minimum absolute atomic E-state index is 0.268. The van der Waals surface area contributed by atoms with Gasteiger partial charge in [0.15, 0.2) is 0 Å². The molecule has 0 aliphatic rings. The van der Waals surface area contributed by atoms with Crippen molar-refractivity contribution in [3.8, 4) is 5.75 Å². The van der Waals surface area contributed by atoms with E-state index in [1.807, 2.05) is 7.05 Å². The molecule has 17 heavy (non-hydrogen) atoms. The fraction of sp³-hybridized carbons (Fsp3) is 0.571. The molecule has 0 bridgehead atoms. The maximum atomic E-state index is 5.54. The van der Waals surface area contributed by atoms with Gasteiger partial charge in [-0.25, -0.2) is 0 Å². The Morgan fingerprint density at radius 1 is 1.24 bits per heavy atom. The Morgan fingerprint density at radius 2 is 1.94 bits per heavy atom. The van der Waals surface area contributed by atoms with Gasteiger partial charge < -0.3 is 14.8 Å². The molecule has 1 rings (SSSR count). The summed E-state index contributed by atoms with van der Waals surface area (Å²) in [4.78, 5) is 0. The van der Waals surface area contributed by atoms with Gasteiger partial charge in [0.25, 0.3) is 0 Å². The lowest BCUT2D eigenvalue weighted by atomic mass is 9.97. The Bertz CT molecular complexity index is 363. The first kappa shape index (κ1) is 14.0. The summed E-state index contributed by atoms with van der Waals surface area (Å²) in [6.07, 6.45) is 0.936. The largest absolute Gasteiger partial charge is 0.496 e. The summed E-state index contributed by atoms with van der Waals surface area (Å²) in [5.74, 6) is 0.987. The van der Waals surface area contributed by atoms with E-state index in [2.05, 4.69) is 31.3 Å². The molecule has 1 N–H and O–H groups in total. The van der Waals surface area contributed by atoms with Gasteiger partial charge in [0.2, 0.25) is 0 Å². The summed E-state index contributed by atoms with van der Waals surface area (Å²) < 4.78 is 10.7. The molecule has 0 spiro atoms. The van der Waals surface area contributed by atoms with Gasteiger partial charge in [-0.1, -0.05) is 12.1 Å². The Labute approximate surface area is 104 Å². The number of ether oxygens (including phenoxy) is 2. The smallest absolute Gasteiger partial charge is 0.126 e. The van der Waals surface area contributed by atoms with E-state index in [0.717, 1.165) is 18.8 Å². The lowest BCUT2D eigenvalue weighted by Crippen LogP contribution is -2.19. The Hall–Kier alpha value is -1.06. The minimum Gasteiger partial charge on any atom is -0.496 e. The van der Waals surface area contributed by atoms with Crippen LogP contribution in [0.5, 0.6) is 5.75 Å². The molecule has 3 nitrogen and oxygen atoms in total. The van der Waals surface area contributed by atoms with E-state index in [-0.39, 0.29) is 6.04 Å². The fourth-order valence-corrected chi connectivity index (χ4v) is 2.05. The monoisotopic (exact) mass is 237 g/mol. The fourth-order valence-electron chi connectivity index (χ4n) is 2.05. The predicted molar refractivity (Wildman–Crippen MR) is 70.8 cm³/mol. The van der Waals surface area contributed by atoms with Crippen LogP contribution in [0, 0.1) is 13.8 Å². The maximum Gasteiger partial charge on any atom is 0.126 e. The maximum absolute atomic E-state index is 5.54. The normalized spacial score (nSPS) is 12.5. The Kier molecular flexibility index (Phi) is 5.45. The van der Waals surface area contributed by atoms with Crippen molar-refractivity contribution in [3.63, 3.8) is 0 Å². The van der Waals surface area contributed by atoms with E-state index in [1.54, 1.807) is 14.2 Å². The van der Waals surface area contributed by atoms with Crippen LogP contribution in [0.2, 0.25) is 0 Å². The highest BCUT2D eigenvalue weighted by atomic mass is 16.5. The molecule has 1 aromatic carbocycles. The first-order valence-corrected chi connectivity index (χ1v) is 5.96. The number of hydrogen-bond donors (Lipinski definition) is 1. The molecule has 1 unspecified atom stereocenters. The summed E-state index contributed by atoms with van der Waals surface area (Å²) in [5, 5.41) is 3.31. The average molecular weight is 237 g/mol. The van der Waals surface area contributed by atoms with E-state index < -0.39 is 0 Å². The van der Waals surface area contributed by atoms with Crippen LogP contribution in [0.1, 0.15) is 29.2 Å². The van der Waals surface area contributed by atoms with E-state index in [4.69, 9.17) is 9.47 Å². The van der Waals surface area contributed by atoms with Crippen LogP contribution in [-0.4, -0.2) is 27.9 Å². The van der Waals surface area contributed by atoms with Crippen molar-refractivity contribution in [2.75, 3.05) is 27.9 Å². The Balaban J connectivity index is 3.06. The zero-order valence-electron chi connectivity index (χ0n) is 11.5. The van der Waals surface area contributed by atoms with Crippen LogP contribution in [0.25, 0.3) is 0 Å². The summed E-state index contributed by atoms with van der Waals surface area (Å²) in [5.41, 5.74) is 3.67. The molecule has 0 saturated carbocycles. The van der Waals surface area contributed by atoms with Crippen LogP contribution >= 0.6 is 0 Å². The Morgan fingerprint density at radius 3 is 2.47 bits per heavy atom. The summed E-state index contributed by atoms with van der Waals surface area (Å²) in [6.45, 7) is 4.94. The highest BCUT2D eigenvalue weighted by Gasteiger charge is 2.16. The summed E-state index contributed by atoms with van der Waals surface area (Å²) >= 11 is 0. The molecule has 0 heterocycles. The van der Waals surface area contributed by atoms with E-state index in [9.17, 15) is 0 Å². The van der Waals surface area contributed by atoms with Gasteiger partial charge >= 0.3 is 0 Å². The van der Waals surface area contributed by atoms with Crippen LogP contribution in [0.15, 0.2) is 12.1 Å². The topological polar surface area (TPSA) is 30.5 Å². The molecule has 0 amide bonds. The molecule has 0 radical (unpaired) electrons. The molecule has 3 heteroatoms. The van der Waals surface area contributed by atoms with E-state index >= 15 is 0 Å². The van der Waals surface area contributed by atoms with Gasteiger partial charge in [0.1, 0.15) is 5.75 Å². The molecular weight excluding hydrogens is 214 g/mol. The van der Waals surface area contributed by atoms with Crippen molar-refractivity contribution in [2.24, 2.45) is 0 Å². The van der Waals surface area contributed by atoms with E-state index in [0.29, 0.717) is 0 Å². The third kappa shape index (κ3) is 3.20.